The summed E-state index contributed by atoms with van der Waals surface area (Å²) in [7, 11) is 3.56. The van der Waals surface area contributed by atoms with Crippen LogP contribution >= 0.6 is 11.6 Å². The maximum atomic E-state index is 13.1. The summed E-state index contributed by atoms with van der Waals surface area (Å²) in [5.74, 6) is -0.283. The summed E-state index contributed by atoms with van der Waals surface area (Å²) in [6.45, 7) is 3.99. The zero-order chi connectivity index (χ0) is 21.2. The summed E-state index contributed by atoms with van der Waals surface area (Å²) in [6.07, 6.45) is 3.71. The van der Waals surface area contributed by atoms with Crippen molar-refractivity contribution in [2.45, 2.75) is 26.3 Å². The summed E-state index contributed by atoms with van der Waals surface area (Å²) in [5, 5.41) is 0.503. The lowest BCUT2D eigenvalue weighted by atomic mass is 10.2. The minimum absolute atomic E-state index is 0.0273. The molecule has 0 saturated heterocycles. The van der Waals surface area contributed by atoms with Gasteiger partial charge in [-0.05, 0) is 36.8 Å². The lowest BCUT2D eigenvalue weighted by Gasteiger charge is -2.28. The van der Waals surface area contributed by atoms with Crippen molar-refractivity contribution in [1.82, 2.24) is 14.4 Å². The molecule has 7 heteroatoms. The number of carbonyl (C=O) groups excluding carboxylic acids is 2. The predicted octanol–water partition coefficient (Wildman–Crippen LogP) is 3.60. The maximum absolute atomic E-state index is 13.1. The van der Waals surface area contributed by atoms with Crippen LogP contribution in [0.15, 0.2) is 42.6 Å². The molecule has 0 bridgehead atoms. The second kappa shape index (κ2) is 11.6. The number of hydrogen-bond acceptors (Lipinski definition) is 3. The first-order chi connectivity index (χ1) is 14.0. The largest absolute Gasteiger partial charge is 0.383 e. The fourth-order valence-electron chi connectivity index (χ4n) is 3.02. The van der Waals surface area contributed by atoms with Crippen LogP contribution in [0.25, 0.3) is 0 Å². The van der Waals surface area contributed by atoms with Gasteiger partial charge >= 0.3 is 0 Å². The summed E-state index contributed by atoms with van der Waals surface area (Å²) >= 11 is 6.04. The van der Waals surface area contributed by atoms with Crippen molar-refractivity contribution >= 4 is 23.4 Å². The van der Waals surface area contributed by atoms with Gasteiger partial charge in [0.05, 0.1) is 13.2 Å². The fraction of sp³-hybridized carbons (Fsp3) is 0.455. The highest BCUT2D eigenvalue weighted by molar-refractivity contribution is 6.30. The highest BCUT2D eigenvalue weighted by Gasteiger charge is 2.23. The average Bonchev–Trinajstić information content (AvgIpc) is 3.12. The molecule has 0 radical (unpaired) electrons. The van der Waals surface area contributed by atoms with E-state index in [9.17, 15) is 9.59 Å². The summed E-state index contributed by atoms with van der Waals surface area (Å²) < 4.78 is 7.16. The number of hydrogen-bond donors (Lipinski definition) is 0. The van der Waals surface area contributed by atoms with E-state index in [1.54, 1.807) is 41.2 Å². The Labute approximate surface area is 178 Å². The number of methoxy groups -OCH3 is 1. The van der Waals surface area contributed by atoms with Gasteiger partial charge in [0.25, 0.3) is 5.91 Å². The number of nitrogens with zero attached hydrogens (tertiary/aromatic N) is 3. The molecule has 2 rings (SSSR count). The standard InChI is InChI=1S/C22H30ClN3O3/c1-4-5-12-26(22(28)18-8-6-9-19(23)15-18)17-21(27)25(13-14-29-3)16-20-10-7-11-24(20)2/h6-11,15H,4-5,12-14,16-17H2,1-3H3. The molecular formula is C22H30ClN3O3. The monoisotopic (exact) mass is 419 g/mol. The van der Waals surface area contributed by atoms with E-state index in [2.05, 4.69) is 6.92 Å². The van der Waals surface area contributed by atoms with Crippen LogP contribution in [0.1, 0.15) is 35.8 Å². The lowest BCUT2D eigenvalue weighted by Crippen LogP contribution is -2.44. The van der Waals surface area contributed by atoms with E-state index in [-0.39, 0.29) is 18.4 Å². The van der Waals surface area contributed by atoms with Gasteiger partial charge in [-0.15, -0.1) is 0 Å². The number of aromatic nitrogens is 1. The van der Waals surface area contributed by atoms with Crippen molar-refractivity contribution in [1.29, 1.82) is 0 Å². The van der Waals surface area contributed by atoms with Crippen molar-refractivity contribution in [3.63, 3.8) is 0 Å². The highest BCUT2D eigenvalue weighted by Crippen LogP contribution is 2.14. The number of ether oxygens (including phenoxy) is 1. The summed E-state index contributed by atoms with van der Waals surface area (Å²) in [4.78, 5) is 29.5. The minimum Gasteiger partial charge on any atom is -0.383 e. The number of aryl methyl sites for hydroxylation is 1. The Morgan fingerprint density at radius 3 is 2.55 bits per heavy atom. The van der Waals surface area contributed by atoms with Crippen molar-refractivity contribution in [2.24, 2.45) is 7.05 Å². The first-order valence-corrected chi connectivity index (χ1v) is 10.3. The normalized spacial score (nSPS) is 10.8. The van der Waals surface area contributed by atoms with Crippen LogP contribution in [-0.4, -0.2) is 59.5 Å². The molecule has 2 aromatic rings. The van der Waals surface area contributed by atoms with Crippen molar-refractivity contribution < 1.29 is 14.3 Å². The van der Waals surface area contributed by atoms with Crippen LogP contribution in [0.4, 0.5) is 0 Å². The van der Waals surface area contributed by atoms with Gasteiger partial charge in [0.1, 0.15) is 6.54 Å². The Hall–Kier alpha value is -2.31. The second-order valence-corrected chi connectivity index (χ2v) is 7.45. The maximum Gasteiger partial charge on any atom is 0.254 e. The van der Waals surface area contributed by atoms with Crippen LogP contribution in [0.2, 0.25) is 5.02 Å². The third-order valence-corrected chi connectivity index (χ3v) is 5.02. The lowest BCUT2D eigenvalue weighted by molar-refractivity contribution is -0.133. The number of benzene rings is 1. The van der Waals surface area contributed by atoms with Crippen molar-refractivity contribution in [3.05, 3.63) is 58.9 Å². The molecule has 0 atom stereocenters. The van der Waals surface area contributed by atoms with Gasteiger partial charge in [0.2, 0.25) is 5.91 Å². The molecular weight excluding hydrogens is 390 g/mol. The first kappa shape index (κ1) is 23.0. The molecule has 0 aliphatic heterocycles. The SMILES string of the molecule is CCCCN(CC(=O)N(CCOC)Cc1cccn1C)C(=O)c1cccc(Cl)c1. The Bertz CT molecular complexity index is 806. The molecule has 2 amide bonds. The predicted molar refractivity (Wildman–Crippen MR) is 115 cm³/mol. The molecule has 1 aromatic carbocycles. The van der Waals surface area contributed by atoms with Gasteiger partial charge < -0.3 is 19.1 Å². The third kappa shape index (κ3) is 6.91. The number of halogens is 1. The van der Waals surface area contributed by atoms with E-state index < -0.39 is 0 Å². The minimum atomic E-state index is -0.181. The zero-order valence-electron chi connectivity index (χ0n) is 17.4. The Kier molecular flexibility index (Phi) is 9.22. The molecule has 0 saturated carbocycles. The molecule has 29 heavy (non-hydrogen) atoms. The van der Waals surface area contributed by atoms with Gasteiger partial charge in [0.15, 0.2) is 0 Å². The van der Waals surface area contributed by atoms with E-state index in [1.807, 2.05) is 29.9 Å². The van der Waals surface area contributed by atoms with Crippen molar-refractivity contribution in [3.8, 4) is 0 Å². The molecule has 0 aliphatic carbocycles. The van der Waals surface area contributed by atoms with Gasteiger partial charge in [-0.25, -0.2) is 0 Å². The number of unbranched alkanes of at least 4 members (excludes halogenated alkanes) is 1. The van der Waals surface area contributed by atoms with Crippen LogP contribution in [-0.2, 0) is 23.1 Å². The molecule has 0 N–H and O–H groups in total. The second-order valence-electron chi connectivity index (χ2n) is 7.01. The Morgan fingerprint density at radius 2 is 1.93 bits per heavy atom. The number of amides is 2. The van der Waals surface area contributed by atoms with Gasteiger partial charge in [-0.2, -0.15) is 0 Å². The Balaban J connectivity index is 2.16. The number of carbonyl (C=O) groups is 2. The summed E-state index contributed by atoms with van der Waals surface area (Å²) in [6, 6.07) is 10.8. The first-order valence-electron chi connectivity index (χ1n) is 9.88. The highest BCUT2D eigenvalue weighted by atomic mass is 35.5. The van der Waals surface area contributed by atoms with E-state index in [0.717, 1.165) is 18.5 Å². The molecule has 0 aliphatic rings. The van der Waals surface area contributed by atoms with Gasteiger partial charge in [-0.3, -0.25) is 9.59 Å². The Morgan fingerprint density at radius 1 is 1.14 bits per heavy atom. The number of rotatable bonds is 11. The molecule has 6 nitrogen and oxygen atoms in total. The topological polar surface area (TPSA) is 54.8 Å². The molecule has 0 spiro atoms. The fourth-order valence-corrected chi connectivity index (χ4v) is 3.21. The van der Waals surface area contributed by atoms with E-state index in [4.69, 9.17) is 16.3 Å². The van der Waals surface area contributed by atoms with Crippen LogP contribution in [0.5, 0.6) is 0 Å². The third-order valence-electron chi connectivity index (χ3n) is 4.79. The quantitative estimate of drug-likeness (QED) is 0.559. The molecule has 158 valence electrons. The summed E-state index contributed by atoms with van der Waals surface area (Å²) in [5.41, 5.74) is 1.52. The van der Waals surface area contributed by atoms with Crippen LogP contribution in [0, 0.1) is 0 Å². The zero-order valence-corrected chi connectivity index (χ0v) is 18.2. The van der Waals surface area contributed by atoms with Crippen molar-refractivity contribution in [2.75, 3.05) is 33.4 Å². The molecule has 0 unspecified atom stereocenters. The van der Waals surface area contributed by atoms with E-state index in [1.165, 1.54) is 0 Å². The van der Waals surface area contributed by atoms with E-state index >= 15 is 0 Å². The van der Waals surface area contributed by atoms with Crippen LogP contribution < -0.4 is 0 Å². The van der Waals surface area contributed by atoms with Gasteiger partial charge in [-0.1, -0.05) is 31.0 Å². The van der Waals surface area contributed by atoms with E-state index in [0.29, 0.717) is 36.8 Å². The molecule has 0 fully saturated rings. The van der Waals surface area contributed by atoms with Crippen LogP contribution in [0.3, 0.4) is 0 Å². The molecule has 1 heterocycles. The average molecular weight is 420 g/mol. The van der Waals surface area contributed by atoms with Gasteiger partial charge in [0, 0.05) is 49.7 Å². The molecule has 1 aromatic heterocycles. The smallest absolute Gasteiger partial charge is 0.254 e.